The first-order valence-corrected chi connectivity index (χ1v) is 10.6. The van der Waals surface area contributed by atoms with E-state index in [0.717, 1.165) is 4.57 Å². The van der Waals surface area contributed by atoms with Crippen LogP contribution >= 0.6 is 0 Å². The zero-order chi connectivity index (χ0) is 21.0. The van der Waals surface area contributed by atoms with Gasteiger partial charge in [0.15, 0.2) is 0 Å². The topological polar surface area (TPSA) is 102 Å². The summed E-state index contributed by atoms with van der Waals surface area (Å²) in [6, 6.07) is 13.1. The average Bonchev–Trinajstić information content (AvgIpc) is 3.15. The second kappa shape index (κ2) is 6.65. The highest BCUT2D eigenvalue weighted by molar-refractivity contribution is 7.89. The van der Waals surface area contributed by atoms with Crippen LogP contribution in [0.5, 0.6) is 0 Å². The first-order valence-electron chi connectivity index (χ1n) is 9.13. The predicted octanol–water partition coefficient (Wildman–Crippen LogP) is 0.519. The number of aliphatic hydroxyl groups is 1. The molecule has 1 N–H and O–H groups in total. The number of hydrogen-bond acceptors (Lipinski definition) is 5. The van der Waals surface area contributed by atoms with E-state index in [1.54, 1.807) is 24.3 Å². The molecule has 0 saturated carbocycles. The van der Waals surface area contributed by atoms with Crippen molar-refractivity contribution < 1.29 is 13.5 Å². The van der Waals surface area contributed by atoms with Crippen molar-refractivity contribution >= 4 is 20.9 Å². The van der Waals surface area contributed by atoms with E-state index in [1.165, 1.54) is 41.2 Å². The maximum Gasteiger partial charge on any atom is 0.330 e. The van der Waals surface area contributed by atoms with Crippen molar-refractivity contribution in [3.8, 4) is 0 Å². The minimum atomic E-state index is -3.92. The van der Waals surface area contributed by atoms with Gasteiger partial charge in [-0.3, -0.25) is 13.9 Å². The third kappa shape index (κ3) is 3.02. The van der Waals surface area contributed by atoms with Crippen molar-refractivity contribution in [1.29, 1.82) is 0 Å². The zero-order valence-electron chi connectivity index (χ0n) is 16.1. The quantitative estimate of drug-likeness (QED) is 0.672. The molecule has 1 unspecified atom stereocenters. The van der Waals surface area contributed by atoms with Crippen LogP contribution in [-0.2, 0) is 29.7 Å². The molecule has 1 fully saturated rings. The molecule has 0 bridgehead atoms. The lowest BCUT2D eigenvalue weighted by Crippen LogP contribution is -2.37. The van der Waals surface area contributed by atoms with Crippen LogP contribution in [0.4, 0.5) is 0 Å². The Bertz CT molecular complexity index is 1330. The average molecular weight is 415 g/mol. The van der Waals surface area contributed by atoms with Crippen LogP contribution in [0.2, 0.25) is 0 Å². The molecule has 0 spiro atoms. The molecule has 1 aliphatic heterocycles. The summed E-state index contributed by atoms with van der Waals surface area (Å²) < 4.78 is 29.8. The van der Waals surface area contributed by atoms with Gasteiger partial charge in [-0.2, -0.15) is 4.31 Å². The second-order valence-corrected chi connectivity index (χ2v) is 9.31. The van der Waals surface area contributed by atoms with Crippen LogP contribution < -0.4 is 11.2 Å². The fourth-order valence-corrected chi connectivity index (χ4v) is 5.35. The molecular weight excluding hydrogens is 394 g/mol. The number of nitrogens with zero attached hydrogens (tertiary/aromatic N) is 3. The summed E-state index contributed by atoms with van der Waals surface area (Å²) in [4.78, 5) is 24.5. The number of hydrogen-bond donors (Lipinski definition) is 1. The minimum Gasteiger partial charge on any atom is -0.384 e. The first-order chi connectivity index (χ1) is 13.6. The number of β-amino-alcohol motifs (C(OH)–C–C–N with tert-alkyl or cyclic N) is 1. The Morgan fingerprint density at radius 2 is 1.69 bits per heavy atom. The molecule has 1 saturated heterocycles. The molecule has 0 radical (unpaired) electrons. The van der Waals surface area contributed by atoms with Gasteiger partial charge in [-0.05, 0) is 30.2 Å². The summed E-state index contributed by atoms with van der Waals surface area (Å²) in [7, 11) is -1.04. The molecule has 9 heteroatoms. The van der Waals surface area contributed by atoms with Gasteiger partial charge in [-0.15, -0.1) is 0 Å². The van der Waals surface area contributed by atoms with Crippen LogP contribution in [-0.4, -0.2) is 40.1 Å². The van der Waals surface area contributed by atoms with E-state index in [-0.39, 0.29) is 29.8 Å². The summed E-state index contributed by atoms with van der Waals surface area (Å²) in [6.45, 7) is 0.0969. The SMILES string of the molecule is Cn1c(=O)c2cc(S(=O)(=O)N3CCC(O)(c4ccccc4)C3)ccc2n(C)c1=O. The molecule has 3 aromatic rings. The lowest BCUT2D eigenvalue weighted by molar-refractivity contribution is 0.0531. The lowest BCUT2D eigenvalue weighted by atomic mass is 9.93. The molecule has 0 aliphatic carbocycles. The number of aromatic nitrogens is 2. The van der Waals surface area contributed by atoms with Crippen molar-refractivity contribution in [3.05, 3.63) is 74.9 Å². The smallest absolute Gasteiger partial charge is 0.330 e. The summed E-state index contributed by atoms with van der Waals surface area (Å²) in [5, 5.41) is 11.1. The molecule has 152 valence electrons. The maximum absolute atomic E-state index is 13.2. The third-order valence-corrected chi connectivity index (χ3v) is 7.44. The van der Waals surface area contributed by atoms with Crippen LogP contribution in [0, 0.1) is 0 Å². The first kappa shape index (κ1) is 19.6. The monoisotopic (exact) mass is 415 g/mol. The highest BCUT2D eigenvalue weighted by Crippen LogP contribution is 2.35. The van der Waals surface area contributed by atoms with Crippen LogP contribution in [0.3, 0.4) is 0 Å². The largest absolute Gasteiger partial charge is 0.384 e. The highest BCUT2D eigenvalue weighted by Gasteiger charge is 2.42. The summed E-state index contributed by atoms with van der Waals surface area (Å²) in [5.41, 5.74) is -1.27. The second-order valence-electron chi connectivity index (χ2n) is 7.37. The Hall–Kier alpha value is -2.75. The molecule has 29 heavy (non-hydrogen) atoms. The van der Waals surface area contributed by atoms with Crippen molar-refractivity contribution in [2.75, 3.05) is 13.1 Å². The Morgan fingerprint density at radius 1 is 1.00 bits per heavy atom. The maximum atomic E-state index is 13.2. The highest BCUT2D eigenvalue weighted by atomic mass is 32.2. The number of rotatable bonds is 3. The van der Waals surface area contributed by atoms with E-state index in [9.17, 15) is 23.1 Å². The molecule has 4 rings (SSSR count). The number of fused-ring (bicyclic) bond motifs is 1. The minimum absolute atomic E-state index is 0.0435. The van der Waals surface area contributed by atoms with E-state index in [4.69, 9.17) is 0 Å². The van der Waals surface area contributed by atoms with Crippen molar-refractivity contribution in [1.82, 2.24) is 13.4 Å². The van der Waals surface area contributed by atoms with Crippen molar-refractivity contribution in [2.45, 2.75) is 16.9 Å². The third-order valence-electron chi connectivity index (χ3n) is 5.60. The Morgan fingerprint density at radius 3 is 2.38 bits per heavy atom. The van der Waals surface area contributed by atoms with Gasteiger partial charge in [0.05, 0.1) is 15.8 Å². The molecule has 2 heterocycles. The van der Waals surface area contributed by atoms with E-state index in [0.29, 0.717) is 11.1 Å². The lowest BCUT2D eigenvalue weighted by Gasteiger charge is -2.24. The standard InChI is InChI=1S/C20H21N3O5S/c1-21-17-9-8-15(12-16(17)18(24)22(2)19(21)25)29(27,28)23-11-10-20(26,13-23)14-6-4-3-5-7-14/h3-9,12,26H,10-11,13H2,1-2H3. The number of aryl methyl sites for hydroxylation is 1. The Balaban J connectivity index is 1.76. The molecule has 1 aromatic heterocycles. The normalized spacial score (nSPS) is 20.4. The van der Waals surface area contributed by atoms with Gasteiger partial charge in [-0.25, -0.2) is 13.2 Å². The summed E-state index contributed by atoms with van der Waals surface area (Å²) >= 11 is 0. The van der Waals surface area contributed by atoms with Crippen molar-refractivity contribution in [2.24, 2.45) is 14.1 Å². The van der Waals surface area contributed by atoms with E-state index in [1.807, 2.05) is 6.07 Å². The Kier molecular flexibility index (Phi) is 4.49. The predicted molar refractivity (Wildman–Crippen MR) is 108 cm³/mol. The van der Waals surface area contributed by atoms with Gasteiger partial charge >= 0.3 is 5.69 Å². The van der Waals surface area contributed by atoms with Gasteiger partial charge in [0.25, 0.3) is 5.56 Å². The van der Waals surface area contributed by atoms with E-state index < -0.39 is 26.9 Å². The fourth-order valence-electron chi connectivity index (χ4n) is 3.83. The van der Waals surface area contributed by atoms with E-state index in [2.05, 4.69) is 0 Å². The van der Waals surface area contributed by atoms with Crippen molar-refractivity contribution in [3.63, 3.8) is 0 Å². The molecular formula is C20H21N3O5S. The van der Waals surface area contributed by atoms with E-state index >= 15 is 0 Å². The van der Waals surface area contributed by atoms with Crippen LogP contribution in [0.1, 0.15) is 12.0 Å². The molecule has 1 atom stereocenters. The number of sulfonamides is 1. The van der Waals surface area contributed by atoms with Crippen LogP contribution in [0.25, 0.3) is 10.9 Å². The summed E-state index contributed by atoms with van der Waals surface area (Å²) in [6.07, 6.45) is 0.278. The molecule has 0 amide bonds. The summed E-state index contributed by atoms with van der Waals surface area (Å²) in [5.74, 6) is 0. The zero-order valence-corrected chi connectivity index (χ0v) is 16.9. The van der Waals surface area contributed by atoms with Crippen LogP contribution in [0.15, 0.2) is 63.0 Å². The molecule has 8 nitrogen and oxygen atoms in total. The Labute approximate surface area is 167 Å². The molecule has 1 aliphatic rings. The van der Waals surface area contributed by atoms with Gasteiger partial charge < -0.3 is 5.11 Å². The fraction of sp³-hybridized carbons (Fsp3) is 0.300. The van der Waals surface area contributed by atoms with Gasteiger partial charge in [0.2, 0.25) is 10.0 Å². The van der Waals surface area contributed by atoms with Gasteiger partial charge in [-0.1, -0.05) is 30.3 Å². The van der Waals surface area contributed by atoms with Gasteiger partial charge in [0.1, 0.15) is 5.60 Å². The number of benzene rings is 2. The van der Waals surface area contributed by atoms with Gasteiger partial charge in [0, 0.05) is 27.2 Å². The molecule has 2 aromatic carbocycles.